The largest absolute Gasteiger partial charge is 0.397 e. The van der Waals surface area contributed by atoms with Crippen LogP contribution in [-0.4, -0.2) is 36.9 Å². The number of hydrogen-bond donors (Lipinski definition) is 3. The van der Waals surface area contributed by atoms with Gasteiger partial charge in [-0.3, -0.25) is 14.5 Å². The number of carbonyl (C=O) groups excluding carboxylic acids is 2. The molecule has 0 radical (unpaired) electrons. The predicted octanol–water partition coefficient (Wildman–Crippen LogP) is 0.405. The lowest BCUT2D eigenvalue weighted by atomic mass is 10.2. The van der Waals surface area contributed by atoms with Crippen LogP contribution in [0.4, 0.5) is 11.4 Å². The van der Waals surface area contributed by atoms with Crippen LogP contribution in [0.3, 0.4) is 0 Å². The van der Waals surface area contributed by atoms with E-state index in [2.05, 4.69) is 5.32 Å². The highest BCUT2D eigenvalue weighted by molar-refractivity contribution is 5.93. The minimum absolute atomic E-state index is 0.0922. The predicted molar refractivity (Wildman–Crippen MR) is 75.4 cm³/mol. The van der Waals surface area contributed by atoms with Gasteiger partial charge in [0.05, 0.1) is 17.9 Å². The Morgan fingerprint density at radius 1 is 1.32 bits per heavy atom. The summed E-state index contributed by atoms with van der Waals surface area (Å²) in [7, 11) is 1.79. The van der Waals surface area contributed by atoms with Crippen LogP contribution in [0.1, 0.15) is 12.8 Å². The number of amides is 2. The van der Waals surface area contributed by atoms with Crippen LogP contribution in [0.5, 0.6) is 0 Å². The van der Waals surface area contributed by atoms with Crippen LogP contribution in [0, 0.1) is 0 Å². The van der Waals surface area contributed by atoms with E-state index in [0.717, 1.165) is 0 Å². The molecule has 0 aliphatic carbocycles. The van der Waals surface area contributed by atoms with E-state index in [1.807, 2.05) is 12.1 Å². The Labute approximate surface area is 112 Å². The monoisotopic (exact) mass is 264 g/mol. The highest BCUT2D eigenvalue weighted by atomic mass is 16.2. The zero-order valence-electron chi connectivity index (χ0n) is 11.1. The second kappa shape index (κ2) is 7.38. The number of primary amides is 1. The summed E-state index contributed by atoms with van der Waals surface area (Å²) in [6.45, 7) is 0.841. The molecule has 0 atom stereocenters. The molecule has 0 bridgehead atoms. The van der Waals surface area contributed by atoms with Crippen molar-refractivity contribution in [2.75, 3.05) is 31.2 Å². The molecule has 2 amide bonds. The first-order valence-corrected chi connectivity index (χ1v) is 6.10. The fraction of sp³-hybridized carbons (Fsp3) is 0.385. The number of likely N-dealkylation sites (N-methyl/N-ethyl adjacent to an activating group) is 1. The van der Waals surface area contributed by atoms with E-state index in [1.54, 1.807) is 24.1 Å². The van der Waals surface area contributed by atoms with Crippen molar-refractivity contribution in [3.8, 4) is 0 Å². The van der Waals surface area contributed by atoms with Gasteiger partial charge in [0.25, 0.3) is 0 Å². The van der Waals surface area contributed by atoms with Crippen LogP contribution in [0.15, 0.2) is 24.3 Å². The minimum Gasteiger partial charge on any atom is -0.397 e. The SMILES string of the molecule is CN(CCCC(=O)Nc1ccccc1N)CC(N)=O. The highest BCUT2D eigenvalue weighted by Crippen LogP contribution is 2.16. The summed E-state index contributed by atoms with van der Waals surface area (Å²) in [5, 5.41) is 2.75. The molecule has 6 heteroatoms. The molecule has 1 aromatic carbocycles. The van der Waals surface area contributed by atoms with Gasteiger partial charge in [-0.25, -0.2) is 0 Å². The van der Waals surface area contributed by atoms with Crippen molar-refractivity contribution < 1.29 is 9.59 Å². The normalized spacial score (nSPS) is 10.4. The van der Waals surface area contributed by atoms with Crippen LogP contribution in [-0.2, 0) is 9.59 Å². The summed E-state index contributed by atoms with van der Waals surface area (Å²) in [5.41, 5.74) is 12.0. The van der Waals surface area contributed by atoms with Crippen molar-refractivity contribution in [2.24, 2.45) is 5.73 Å². The van der Waals surface area contributed by atoms with E-state index in [-0.39, 0.29) is 18.4 Å². The molecule has 5 N–H and O–H groups in total. The molecule has 0 fully saturated rings. The summed E-state index contributed by atoms with van der Waals surface area (Å²) in [5.74, 6) is -0.464. The zero-order chi connectivity index (χ0) is 14.3. The first-order valence-electron chi connectivity index (χ1n) is 6.10. The number of anilines is 2. The minimum atomic E-state index is -0.371. The number of benzene rings is 1. The van der Waals surface area contributed by atoms with Gasteiger partial charge < -0.3 is 16.8 Å². The van der Waals surface area contributed by atoms with Gasteiger partial charge >= 0.3 is 0 Å². The molecule has 0 aromatic heterocycles. The number of rotatable bonds is 7. The van der Waals surface area contributed by atoms with Gasteiger partial charge in [-0.15, -0.1) is 0 Å². The summed E-state index contributed by atoms with van der Waals surface area (Å²) < 4.78 is 0. The topological polar surface area (TPSA) is 101 Å². The van der Waals surface area contributed by atoms with E-state index >= 15 is 0 Å². The average Bonchev–Trinajstić information content (AvgIpc) is 2.31. The Morgan fingerprint density at radius 2 is 2.00 bits per heavy atom. The number of nitrogens with one attached hydrogen (secondary N) is 1. The lowest BCUT2D eigenvalue weighted by Crippen LogP contribution is -2.31. The summed E-state index contributed by atoms with van der Waals surface area (Å²) in [6, 6.07) is 7.11. The number of nitrogens with zero attached hydrogens (tertiary/aromatic N) is 1. The number of nitrogen functional groups attached to an aromatic ring is 1. The molecular formula is C13H20N4O2. The molecular weight excluding hydrogens is 244 g/mol. The highest BCUT2D eigenvalue weighted by Gasteiger charge is 2.06. The van der Waals surface area contributed by atoms with E-state index in [0.29, 0.717) is 30.8 Å². The molecule has 0 saturated heterocycles. The van der Waals surface area contributed by atoms with E-state index in [9.17, 15) is 9.59 Å². The van der Waals surface area contributed by atoms with Crippen LogP contribution >= 0.6 is 0 Å². The van der Waals surface area contributed by atoms with Gasteiger partial charge in [0.1, 0.15) is 0 Å². The Bertz CT molecular complexity index is 448. The molecule has 104 valence electrons. The van der Waals surface area contributed by atoms with Crippen molar-refractivity contribution in [1.29, 1.82) is 0 Å². The third kappa shape index (κ3) is 5.87. The van der Waals surface area contributed by atoms with Gasteiger partial charge in [0, 0.05) is 6.42 Å². The zero-order valence-corrected chi connectivity index (χ0v) is 11.1. The first-order chi connectivity index (χ1) is 8.99. The molecule has 0 spiro atoms. The Balaban J connectivity index is 2.29. The lowest BCUT2D eigenvalue weighted by molar-refractivity contribution is -0.118. The molecule has 0 heterocycles. The molecule has 0 unspecified atom stereocenters. The van der Waals surface area contributed by atoms with Gasteiger partial charge in [0.15, 0.2) is 0 Å². The molecule has 0 aliphatic rings. The smallest absolute Gasteiger partial charge is 0.231 e. The standard InChI is InChI=1S/C13H20N4O2/c1-17(9-12(15)18)8-4-7-13(19)16-11-6-3-2-5-10(11)14/h2-3,5-6H,4,7-9,14H2,1H3,(H2,15,18)(H,16,19). The van der Waals surface area contributed by atoms with E-state index in [4.69, 9.17) is 11.5 Å². The average molecular weight is 264 g/mol. The summed E-state index contributed by atoms with van der Waals surface area (Å²) in [4.78, 5) is 24.1. The third-order valence-corrected chi connectivity index (χ3v) is 2.60. The maximum absolute atomic E-state index is 11.7. The molecule has 1 rings (SSSR count). The first kappa shape index (κ1) is 15.0. The van der Waals surface area contributed by atoms with Crippen molar-refractivity contribution in [1.82, 2.24) is 4.90 Å². The lowest BCUT2D eigenvalue weighted by Gasteiger charge is -2.14. The third-order valence-electron chi connectivity index (χ3n) is 2.60. The number of hydrogen-bond acceptors (Lipinski definition) is 4. The van der Waals surface area contributed by atoms with Crippen molar-refractivity contribution in [3.05, 3.63) is 24.3 Å². The van der Waals surface area contributed by atoms with Crippen molar-refractivity contribution in [3.63, 3.8) is 0 Å². The second-order valence-electron chi connectivity index (χ2n) is 4.44. The maximum atomic E-state index is 11.7. The fourth-order valence-corrected chi connectivity index (χ4v) is 1.68. The molecule has 0 aliphatic heterocycles. The molecule has 0 saturated carbocycles. The Hall–Kier alpha value is -2.08. The van der Waals surface area contributed by atoms with Gasteiger partial charge in [-0.05, 0) is 32.1 Å². The van der Waals surface area contributed by atoms with Gasteiger partial charge in [-0.1, -0.05) is 12.1 Å². The van der Waals surface area contributed by atoms with E-state index < -0.39 is 0 Å². The maximum Gasteiger partial charge on any atom is 0.231 e. The Kier molecular flexibility index (Phi) is 5.81. The van der Waals surface area contributed by atoms with Crippen LogP contribution < -0.4 is 16.8 Å². The van der Waals surface area contributed by atoms with Gasteiger partial charge in [-0.2, -0.15) is 0 Å². The van der Waals surface area contributed by atoms with Gasteiger partial charge in [0.2, 0.25) is 11.8 Å². The number of carbonyl (C=O) groups is 2. The molecule has 1 aromatic rings. The molecule has 19 heavy (non-hydrogen) atoms. The quantitative estimate of drug-likeness (QED) is 0.620. The summed E-state index contributed by atoms with van der Waals surface area (Å²) >= 11 is 0. The Morgan fingerprint density at radius 3 is 2.63 bits per heavy atom. The number of para-hydroxylation sites is 2. The number of nitrogens with two attached hydrogens (primary N) is 2. The van der Waals surface area contributed by atoms with Crippen molar-refractivity contribution in [2.45, 2.75) is 12.8 Å². The van der Waals surface area contributed by atoms with Crippen LogP contribution in [0.25, 0.3) is 0 Å². The van der Waals surface area contributed by atoms with Crippen LogP contribution in [0.2, 0.25) is 0 Å². The van der Waals surface area contributed by atoms with E-state index in [1.165, 1.54) is 0 Å². The fourth-order valence-electron chi connectivity index (χ4n) is 1.68. The summed E-state index contributed by atoms with van der Waals surface area (Å²) in [6.07, 6.45) is 1.03. The second-order valence-corrected chi connectivity index (χ2v) is 4.44. The van der Waals surface area contributed by atoms with Crippen molar-refractivity contribution >= 4 is 23.2 Å². The molecule has 6 nitrogen and oxygen atoms in total.